The summed E-state index contributed by atoms with van der Waals surface area (Å²) >= 11 is 0. The first-order valence-corrected chi connectivity index (χ1v) is 5.90. The molecule has 1 aromatic carbocycles. The standard InChI is InChI=1S/C13H15FN2O3/c1-13(2)6-10(13)16-12(19)15-9-5-7(11(17)18)3-4-8(9)14/h3-5,10H,6H2,1-2H3,(H,17,18)(H2,15,16,19). The first kappa shape index (κ1) is 13.3. The molecule has 0 radical (unpaired) electrons. The Morgan fingerprint density at radius 2 is 2.05 bits per heavy atom. The summed E-state index contributed by atoms with van der Waals surface area (Å²) in [5, 5.41) is 13.8. The number of carbonyl (C=O) groups is 2. The van der Waals surface area contributed by atoms with Crippen LogP contribution < -0.4 is 10.6 Å². The Morgan fingerprint density at radius 3 is 2.58 bits per heavy atom. The summed E-state index contributed by atoms with van der Waals surface area (Å²) in [5.74, 6) is -1.85. The average Bonchev–Trinajstić information content (AvgIpc) is 2.88. The molecule has 102 valence electrons. The van der Waals surface area contributed by atoms with Gasteiger partial charge in [0.1, 0.15) is 5.82 Å². The van der Waals surface area contributed by atoms with E-state index in [0.717, 1.165) is 24.6 Å². The Morgan fingerprint density at radius 1 is 1.42 bits per heavy atom. The first-order chi connectivity index (χ1) is 8.79. The SMILES string of the molecule is CC1(C)CC1NC(=O)Nc1cc(C(=O)O)ccc1F. The lowest BCUT2D eigenvalue weighted by Gasteiger charge is -2.10. The maximum atomic E-state index is 13.5. The van der Waals surface area contributed by atoms with Crippen LogP contribution in [0.5, 0.6) is 0 Å². The summed E-state index contributed by atoms with van der Waals surface area (Å²) in [6.07, 6.45) is 0.873. The van der Waals surface area contributed by atoms with Crippen molar-refractivity contribution in [3.05, 3.63) is 29.6 Å². The van der Waals surface area contributed by atoms with Gasteiger partial charge in [-0.3, -0.25) is 0 Å². The van der Waals surface area contributed by atoms with E-state index in [2.05, 4.69) is 10.6 Å². The molecule has 5 nitrogen and oxygen atoms in total. The smallest absolute Gasteiger partial charge is 0.335 e. The van der Waals surface area contributed by atoms with Gasteiger partial charge in [-0.25, -0.2) is 14.0 Å². The number of hydrogen-bond donors (Lipinski definition) is 3. The summed E-state index contributed by atoms with van der Waals surface area (Å²) < 4.78 is 13.5. The number of amides is 2. The third-order valence-electron chi connectivity index (χ3n) is 3.28. The fourth-order valence-electron chi connectivity index (χ4n) is 1.78. The molecule has 1 saturated carbocycles. The molecule has 0 saturated heterocycles. The predicted octanol–water partition coefficient (Wildman–Crippen LogP) is 2.44. The number of aromatic carboxylic acids is 1. The number of benzene rings is 1. The van der Waals surface area contributed by atoms with Gasteiger partial charge < -0.3 is 15.7 Å². The molecule has 0 spiro atoms. The zero-order valence-electron chi connectivity index (χ0n) is 10.7. The molecule has 1 aliphatic carbocycles. The minimum Gasteiger partial charge on any atom is -0.478 e. The number of rotatable bonds is 3. The van der Waals surface area contributed by atoms with Crippen LogP contribution in [0, 0.1) is 11.2 Å². The Kier molecular flexibility index (Phi) is 3.18. The number of carbonyl (C=O) groups excluding carboxylic acids is 1. The molecule has 0 heterocycles. The van der Waals surface area contributed by atoms with E-state index in [1.807, 2.05) is 13.8 Å². The monoisotopic (exact) mass is 266 g/mol. The van der Waals surface area contributed by atoms with Crippen LogP contribution in [-0.4, -0.2) is 23.1 Å². The first-order valence-electron chi connectivity index (χ1n) is 5.90. The minimum atomic E-state index is -1.17. The van der Waals surface area contributed by atoms with Crippen LogP contribution in [0.2, 0.25) is 0 Å². The van der Waals surface area contributed by atoms with E-state index in [1.165, 1.54) is 0 Å². The normalized spacial score (nSPS) is 19.6. The molecule has 3 N–H and O–H groups in total. The third-order valence-corrected chi connectivity index (χ3v) is 3.28. The summed E-state index contributed by atoms with van der Waals surface area (Å²) in [6, 6.07) is 2.79. The molecule has 19 heavy (non-hydrogen) atoms. The number of nitrogens with one attached hydrogen (secondary N) is 2. The van der Waals surface area contributed by atoms with E-state index in [4.69, 9.17) is 5.11 Å². The number of carboxylic acid groups (broad SMARTS) is 1. The second kappa shape index (κ2) is 4.53. The Balaban J connectivity index is 2.04. The van der Waals surface area contributed by atoms with Crippen molar-refractivity contribution in [3.8, 4) is 0 Å². The summed E-state index contributed by atoms with van der Waals surface area (Å²) in [7, 11) is 0. The van der Waals surface area contributed by atoms with Crippen LogP contribution in [0.25, 0.3) is 0 Å². The zero-order valence-corrected chi connectivity index (χ0v) is 10.7. The number of halogens is 1. The van der Waals surface area contributed by atoms with Gasteiger partial charge in [0, 0.05) is 6.04 Å². The maximum Gasteiger partial charge on any atom is 0.335 e. The van der Waals surface area contributed by atoms with Crippen molar-refractivity contribution in [2.45, 2.75) is 26.3 Å². The van der Waals surface area contributed by atoms with E-state index in [1.54, 1.807) is 0 Å². The van der Waals surface area contributed by atoms with Gasteiger partial charge in [0.05, 0.1) is 11.3 Å². The van der Waals surface area contributed by atoms with Crippen molar-refractivity contribution in [2.24, 2.45) is 5.41 Å². The molecule has 1 aliphatic rings. The van der Waals surface area contributed by atoms with Gasteiger partial charge in [-0.15, -0.1) is 0 Å². The lowest BCUT2D eigenvalue weighted by Crippen LogP contribution is -2.33. The molecule has 6 heteroatoms. The molecule has 1 atom stereocenters. The van der Waals surface area contributed by atoms with Crippen molar-refractivity contribution in [3.63, 3.8) is 0 Å². The fourth-order valence-corrected chi connectivity index (χ4v) is 1.78. The van der Waals surface area contributed by atoms with Crippen molar-refractivity contribution in [1.82, 2.24) is 5.32 Å². The van der Waals surface area contributed by atoms with Crippen molar-refractivity contribution in [1.29, 1.82) is 0 Å². The zero-order chi connectivity index (χ0) is 14.2. The Bertz CT molecular complexity index is 543. The molecule has 1 fully saturated rings. The van der Waals surface area contributed by atoms with Crippen LogP contribution in [0.1, 0.15) is 30.6 Å². The van der Waals surface area contributed by atoms with Crippen LogP contribution >= 0.6 is 0 Å². The Labute approximate surface area is 109 Å². The predicted molar refractivity (Wildman–Crippen MR) is 67.7 cm³/mol. The number of anilines is 1. The van der Waals surface area contributed by atoms with Gasteiger partial charge in [-0.1, -0.05) is 13.8 Å². The van der Waals surface area contributed by atoms with Crippen LogP contribution in [0.3, 0.4) is 0 Å². The third kappa shape index (κ3) is 3.01. The van der Waals surface area contributed by atoms with Gasteiger partial charge in [0.15, 0.2) is 0 Å². The van der Waals surface area contributed by atoms with Crippen molar-refractivity contribution >= 4 is 17.7 Å². The highest BCUT2D eigenvalue weighted by atomic mass is 19.1. The average molecular weight is 266 g/mol. The van der Waals surface area contributed by atoms with E-state index in [-0.39, 0.29) is 22.7 Å². The Hall–Kier alpha value is -2.11. The number of urea groups is 1. The lowest BCUT2D eigenvalue weighted by atomic mass is 10.2. The van der Waals surface area contributed by atoms with Gasteiger partial charge in [-0.05, 0) is 30.0 Å². The van der Waals surface area contributed by atoms with Crippen LogP contribution in [-0.2, 0) is 0 Å². The summed E-state index contributed by atoms with van der Waals surface area (Å²) in [4.78, 5) is 22.4. The van der Waals surface area contributed by atoms with Gasteiger partial charge in [0.25, 0.3) is 0 Å². The highest BCUT2D eigenvalue weighted by molar-refractivity contribution is 5.93. The maximum absolute atomic E-state index is 13.5. The molecule has 0 aromatic heterocycles. The summed E-state index contributed by atoms with van der Waals surface area (Å²) in [6.45, 7) is 4.03. The van der Waals surface area contributed by atoms with Gasteiger partial charge >= 0.3 is 12.0 Å². The van der Waals surface area contributed by atoms with E-state index < -0.39 is 17.8 Å². The number of carboxylic acids is 1. The van der Waals surface area contributed by atoms with Crippen LogP contribution in [0.15, 0.2) is 18.2 Å². The van der Waals surface area contributed by atoms with Gasteiger partial charge in [0.2, 0.25) is 0 Å². The lowest BCUT2D eigenvalue weighted by molar-refractivity contribution is 0.0697. The van der Waals surface area contributed by atoms with Gasteiger partial charge in [-0.2, -0.15) is 0 Å². The molecule has 0 bridgehead atoms. The van der Waals surface area contributed by atoms with Crippen LogP contribution in [0.4, 0.5) is 14.9 Å². The molecule has 1 aromatic rings. The quantitative estimate of drug-likeness (QED) is 0.786. The molecular formula is C13H15FN2O3. The highest BCUT2D eigenvalue weighted by Crippen LogP contribution is 2.44. The molecule has 0 aliphatic heterocycles. The molecule has 1 unspecified atom stereocenters. The largest absolute Gasteiger partial charge is 0.478 e. The van der Waals surface area contributed by atoms with Crippen molar-refractivity contribution in [2.75, 3.05) is 5.32 Å². The molecular weight excluding hydrogens is 251 g/mol. The minimum absolute atomic E-state index is 0.0678. The van der Waals surface area contributed by atoms with E-state index in [9.17, 15) is 14.0 Å². The summed E-state index contributed by atoms with van der Waals surface area (Å²) in [5.41, 5.74) is -0.155. The number of hydrogen-bond acceptors (Lipinski definition) is 2. The second-order valence-electron chi connectivity index (χ2n) is 5.34. The molecule has 2 amide bonds. The topological polar surface area (TPSA) is 78.4 Å². The second-order valence-corrected chi connectivity index (χ2v) is 5.34. The van der Waals surface area contributed by atoms with Crippen molar-refractivity contribution < 1.29 is 19.1 Å². The van der Waals surface area contributed by atoms with E-state index in [0.29, 0.717) is 0 Å². The molecule has 2 rings (SSSR count). The fraction of sp³-hybridized carbons (Fsp3) is 0.385. The van der Waals surface area contributed by atoms with E-state index >= 15 is 0 Å². The highest BCUT2D eigenvalue weighted by Gasteiger charge is 2.46.